The highest BCUT2D eigenvalue weighted by Gasteiger charge is 2.27. The van der Waals surface area contributed by atoms with E-state index in [1.807, 2.05) is 0 Å². The minimum Gasteiger partial charge on any atom is -0.0774 e. The van der Waals surface area contributed by atoms with E-state index in [2.05, 4.69) is 73.7 Å². The molecule has 1 atom stereocenters. The van der Waals surface area contributed by atoms with Crippen LogP contribution in [0.25, 0.3) is 11.1 Å². The highest BCUT2D eigenvalue weighted by molar-refractivity contribution is 5.78. The van der Waals surface area contributed by atoms with Crippen LogP contribution in [-0.4, -0.2) is 0 Å². The summed E-state index contributed by atoms with van der Waals surface area (Å²) >= 11 is 0. The summed E-state index contributed by atoms with van der Waals surface area (Å²) in [7, 11) is 0. The van der Waals surface area contributed by atoms with Crippen LogP contribution in [0.2, 0.25) is 0 Å². The number of benzene rings is 2. The van der Waals surface area contributed by atoms with E-state index in [0.717, 1.165) is 0 Å². The summed E-state index contributed by atoms with van der Waals surface area (Å²) in [5.74, 6) is 1.20. The second-order valence-electron chi connectivity index (χ2n) is 6.24. The summed E-state index contributed by atoms with van der Waals surface area (Å²) in [5, 5.41) is 0. The summed E-state index contributed by atoms with van der Waals surface area (Å²) in [5.41, 5.74) is 7.31. The molecule has 0 heterocycles. The molecule has 4 rings (SSSR count). The van der Waals surface area contributed by atoms with Gasteiger partial charge in [0.1, 0.15) is 0 Å². The van der Waals surface area contributed by atoms with Gasteiger partial charge in [-0.15, -0.1) is 0 Å². The van der Waals surface area contributed by atoms with Crippen LogP contribution < -0.4 is 0 Å². The SMILES string of the molecule is CC1=CC(CCC2c3ccccc3-c3ccccc32)C=C1. The molecule has 0 saturated heterocycles. The predicted octanol–water partition coefficient (Wildman–Crippen LogP) is 5.71. The second-order valence-corrected chi connectivity index (χ2v) is 6.24. The lowest BCUT2D eigenvalue weighted by Gasteiger charge is -2.15. The van der Waals surface area contributed by atoms with Gasteiger partial charge in [-0.3, -0.25) is 0 Å². The van der Waals surface area contributed by atoms with Gasteiger partial charge in [0.15, 0.2) is 0 Å². The lowest BCUT2D eigenvalue weighted by molar-refractivity contribution is 0.614. The summed E-state index contributed by atoms with van der Waals surface area (Å²) in [6.45, 7) is 2.19. The molecule has 2 aliphatic carbocycles. The number of allylic oxidation sites excluding steroid dienone is 4. The van der Waals surface area contributed by atoms with E-state index in [9.17, 15) is 0 Å². The normalized spacial score (nSPS) is 19.5. The molecule has 2 aromatic rings. The molecular weight excluding hydrogens is 252 g/mol. The maximum atomic E-state index is 2.40. The van der Waals surface area contributed by atoms with E-state index >= 15 is 0 Å². The van der Waals surface area contributed by atoms with Crippen LogP contribution in [-0.2, 0) is 0 Å². The van der Waals surface area contributed by atoms with E-state index < -0.39 is 0 Å². The van der Waals surface area contributed by atoms with Crippen LogP contribution in [0.5, 0.6) is 0 Å². The van der Waals surface area contributed by atoms with Gasteiger partial charge in [-0.05, 0) is 47.9 Å². The van der Waals surface area contributed by atoms with Gasteiger partial charge in [0.25, 0.3) is 0 Å². The van der Waals surface area contributed by atoms with Gasteiger partial charge in [-0.25, -0.2) is 0 Å². The molecule has 0 fully saturated rings. The van der Waals surface area contributed by atoms with Crippen molar-refractivity contribution in [3.63, 3.8) is 0 Å². The third kappa shape index (κ3) is 2.15. The Morgan fingerprint density at radius 1 is 0.810 bits per heavy atom. The Bertz CT molecular complexity index is 688. The van der Waals surface area contributed by atoms with Gasteiger partial charge >= 0.3 is 0 Å². The molecular formula is C21H20. The fourth-order valence-corrected chi connectivity index (χ4v) is 3.83. The highest BCUT2D eigenvalue weighted by atomic mass is 14.3. The Labute approximate surface area is 126 Å². The molecule has 0 aliphatic heterocycles. The Balaban J connectivity index is 1.64. The molecule has 2 aliphatic rings. The van der Waals surface area contributed by atoms with Gasteiger partial charge in [0, 0.05) is 5.92 Å². The highest BCUT2D eigenvalue weighted by Crippen LogP contribution is 2.47. The Morgan fingerprint density at radius 3 is 2.00 bits per heavy atom. The first-order valence-electron chi connectivity index (χ1n) is 7.88. The van der Waals surface area contributed by atoms with E-state index in [0.29, 0.717) is 11.8 Å². The Kier molecular flexibility index (Phi) is 3.03. The Morgan fingerprint density at radius 2 is 1.43 bits per heavy atom. The Hall–Kier alpha value is -2.08. The topological polar surface area (TPSA) is 0 Å². The molecule has 21 heavy (non-hydrogen) atoms. The standard InChI is InChI=1S/C21H20/c1-15-10-11-16(14-15)12-13-21-19-8-4-2-6-17(19)18-7-3-5-9-20(18)21/h2-11,14,16,21H,12-13H2,1H3. The third-order valence-electron chi connectivity index (χ3n) is 4.83. The molecule has 0 saturated carbocycles. The average molecular weight is 272 g/mol. The van der Waals surface area contributed by atoms with Crippen molar-refractivity contribution in [1.29, 1.82) is 0 Å². The van der Waals surface area contributed by atoms with Crippen LogP contribution in [0.15, 0.2) is 72.3 Å². The molecule has 104 valence electrons. The zero-order valence-corrected chi connectivity index (χ0v) is 12.4. The smallest absolute Gasteiger partial charge is 0.0102 e. The summed E-state index contributed by atoms with van der Waals surface area (Å²) in [6, 6.07) is 17.8. The van der Waals surface area contributed by atoms with Crippen molar-refractivity contribution < 1.29 is 0 Å². The van der Waals surface area contributed by atoms with Gasteiger partial charge in [0.05, 0.1) is 0 Å². The van der Waals surface area contributed by atoms with Crippen molar-refractivity contribution in [2.24, 2.45) is 5.92 Å². The molecule has 0 amide bonds. The van der Waals surface area contributed by atoms with Crippen molar-refractivity contribution >= 4 is 0 Å². The fourth-order valence-electron chi connectivity index (χ4n) is 3.83. The minimum absolute atomic E-state index is 0.570. The summed E-state index contributed by atoms with van der Waals surface area (Å²) in [6.07, 6.45) is 9.46. The van der Waals surface area contributed by atoms with Crippen LogP contribution in [0.3, 0.4) is 0 Å². The van der Waals surface area contributed by atoms with Crippen molar-refractivity contribution in [3.05, 3.63) is 83.5 Å². The molecule has 1 unspecified atom stereocenters. The summed E-state index contributed by atoms with van der Waals surface area (Å²) in [4.78, 5) is 0. The second kappa shape index (κ2) is 5.04. The molecule has 0 N–H and O–H groups in total. The molecule has 0 aromatic heterocycles. The van der Waals surface area contributed by atoms with E-state index in [4.69, 9.17) is 0 Å². The molecule has 0 bridgehead atoms. The maximum absolute atomic E-state index is 2.40. The van der Waals surface area contributed by atoms with Crippen LogP contribution >= 0.6 is 0 Å². The number of rotatable bonds is 3. The van der Waals surface area contributed by atoms with Gasteiger partial charge in [-0.1, -0.05) is 72.3 Å². The van der Waals surface area contributed by atoms with Gasteiger partial charge < -0.3 is 0 Å². The monoisotopic (exact) mass is 272 g/mol. The van der Waals surface area contributed by atoms with Crippen molar-refractivity contribution in [2.45, 2.75) is 25.7 Å². The quantitative estimate of drug-likeness (QED) is 0.671. The average Bonchev–Trinajstić information content (AvgIpc) is 3.07. The zero-order valence-electron chi connectivity index (χ0n) is 12.4. The van der Waals surface area contributed by atoms with E-state index in [-0.39, 0.29) is 0 Å². The van der Waals surface area contributed by atoms with Crippen LogP contribution in [0, 0.1) is 5.92 Å². The molecule has 0 spiro atoms. The molecule has 0 radical (unpaired) electrons. The first-order valence-corrected chi connectivity index (χ1v) is 7.88. The van der Waals surface area contributed by atoms with Gasteiger partial charge in [0.2, 0.25) is 0 Å². The van der Waals surface area contributed by atoms with Crippen molar-refractivity contribution in [2.75, 3.05) is 0 Å². The number of hydrogen-bond donors (Lipinski definition) is 0. The minimum atomic E-state index is 0.570. The lowest BCUT2D eigenvalue weighted by Crippen LogP contribution is -2.00. The fraction of sp³-hybridized carbons (Fsp3) is 0.238. The number of hydrogen-bond acceptors (Lipinski definition) is 0. The molecule has 0 nitrogen and oxygen atoms in total. The summed E-state index contributed by atoms with van der Waals surface area (Å²) < 4.78 is 0. The largest absolute Gasteiger partial charge is 0.0774 e. The van der Waals surface area contributed by atoms with Crippen molar-refractivity contribution in [3.8, 4) is 11.1 Å². The first kappa shape index (κ1) is 12.6. The zero-order chi connectivity index (χ0) is 14.2. The van der Waals surface area contributed by atoms with Crippen LogP contribution in [0.1, 0.15) is 36.8 Å². The van der Waals surface area contributed by atoms with E-state index in [1.54, 1.807) is 0 Å². The maximum Gasteiger partial charge on any atom is 0.0102 e. The predicted molar refractivity (Wildman–Crippen MR) is 89.3 cm³/mol. The van der Waals surface area contributed by atoms with Crippen LogP contribution in [0.4, 0.5) is 0 Å². The van der Waals surface area contributed by atoms with E-state index in [1.165, 1.54) is 40.7 Å². The lowest BCUT2D eigenvalue weighted by atomic mass is 9.89. The molecule has 0 heteroatoms. The van der Waals surface area contributed by atoms with Crippen molar-refractivity contribution in [1.82, 2.24) is 0 Å². The first-order chi connectivity index (χ1) is 10.3. The third-order valence-corrected chi connectivity index (χ3v) is 4.83. The molecule has 2 aromatic carbocycles. The number of fused-ring (bicyclic) bond motifs is 3. The van der Waals surface area contributed by atoms with Gasteiger partial charge in [-0.2, -0.15) is 0 Å².